The normalized spacial score (nSPS) is 10.7. The van der Waals surface area contributed by atoms with Crippen LogP contribution in [-0.4, -0.2) is 21.1 Å². The SMILES string of the molecule is CC(C)c1cc(C(=O)NCc2cn[nH]c2)cc(N)n1. The monoisotopic (exact) mass is 259 g/mol. The van der Waals surface area contributed by atoms with Crippen LogP contribution in [-0.2, 0) is 6.54 Å². The predicted molar refractivity (Wildman–Crippen MR) is 72.5 cm³/mol. The maximum atomic E-state index is 12.0. The smallest absolute Gasteiger partial charge is 0.251 e. The number of carbonyl (C=O) groups excluding carboxylic acids is 1. The summed E-state index contributed by atoms with van der Waals surface area (Å²) < 4.78 is 0. The van der Waals surface area contributed by atoms with Crippen LogP contribution in [0.1, 0.15) is 41.4 Å². The van der Waals surface area contributed by atoms with Gasteiger partial charge in [-0.05, 0) is 18.1 Å². The number of hydrogen-bond donors (Lipinski definition) is 3. The van der Waals surface area contributed by atoms with Gasteiger partial charge in [0, 0.05) is 29.6 Å². The van der Waals surface area contributed by atoms with Crippen molar-refractivity contribution < 1.29 is 4.79 Å². The Morgan fingerprint density at radius 1 is 1.47 bits per heavy atom. The van der Waals surface area contributed by atoms with E-state index in [4.69, 9.17) is 5.73 Å². The van der Waals surface area contributed by atoms with Gasteiger partial charge in [-0.25, -0.2) is 4.98 Å². The average Bonchev–Trinajstić information content (AvgIpc) is 2.88. The molecule has 0 spiro atoms. The summed E-state index contributed by atoms with van der Waals surface area (Å²) in [6, 6.07) is 3.35. The number of rotatable bonds is 4. The van der Waals surface area contributed by atoms with Crippen molar-refractivity contribution in [1.82, 2.24) is 20.5 Å². The number of carbonyl (C=O) groups is 1. The highest BCUT2D eigenvalue weighted by Gasteiger charge is 2.10. The van der Waals surface area contributed by atoms with Crippen LogP contribution in [0.15, 0.2) is 24.5 Å². The molecular weight excluding hydrogens is 242 g/mol. The highest BCUT2D eigenvalue weighted by Crippen LogP contribution is 2.16. The fourth-order valence-electron chi connectivity index (χ4n) is 1.66. The molecule has 0 unspecified atom stereocenters. The lowest BCUT2D eigenvalue weighted by molar-refractivity contribution is 0.0950. The predicted octanol–water partition coefficient (Wildman–Crippen LogP) is 1.44. The lowest BCUT2D eigenvalue weighted by Gasteiger charge is -2.09. The van der Waals surface area contributed by atoms with Crippen LogP contribution >= 0.6 is 0 Å². The first-order chi connectivity index (χ1) is 9.06. The van der Waals surface area contributed by atoms with Crippen molar-refractivity contribution >= 4 is 11.7 Å². The fourth-order valence-corrected chi connectivity index (χ4v) is 1.66. The topological polar surface area (TPSA) is 96.7 Å². The molecule has 0 bridgehead atoms. The molecule has 6 nitrogen and oxygen atoms in total. The number of H-pyrrole nitrogens is 1. The van der Waals surface area contributed by atoms with Crippen LogP contribution in [0.2, 0.25) is 0 Å². The molecule has 2 heterocycles. The van der Waals surface area contributed by atoms with E-state index < -0.39 is 0 Å². The van der Waals surface area contributed by atoms with Gasteiger partial charge in [-0.1, -0.05) is 13.8 Å². The molecule has 0 aliphatic rings. The third kappa shape index (κ3) is 3.31. The van der Waals surface area contributed by atoms with Crippen molar-refractivity contribution in [2.45, 2.75) is 26.3 Å². The van der Waals surface area contributed by atoms with Gasteiger partial charge in [-0.3, -0.25) is 9.89 Å². The molecule has 2 aromatic heterocycles. The Morgan fingerprint density at radius 3 is 2.89 bits per heavy atom. The lowest BCUT2D eigenvalue weighted by atomic mass is 10.1. The Kier molecular flexibility index (Phi) is 3.79. The number of nitrogens with one attached hydrogen (secondary N) is 2. The molecule has 100 valence electrons. The molecule has 0 fully saturated rings. The molecular formula is C13H17N5O. The van der Waals surface area contributed by atoms with Crippen LogP contribution in [0.5, 0.6) is 0 Å². The molecule has 4 N–H and O–H groups in total. The molecule has 19 heavy (non-hydrogen) atoms. The van der Waals surface area contributed by atoms with Gasteiger partial charge in [0.15, 0.2) is 0 Å². The minimum Gasteiger partial charge on any atom is -0.384 e. The van der Waals surface area contributed by atoms with E-state index in [1.165, 1.54) is 0 Å². The summed E-state index contributed by atoms with van der Waals surface area (Å²) in [5.74, 6) is 0.417. The van der Waals surface area contributed by atoms with Crippen LogP contribution in [0, 0.1) is 0 Å². The summed E-state index contributed by atoms with van der Waals surface area (Å²) in [7, 11) is 0. The summed E-state index contributed by atoms with van der Waals surface area (Å²) in [5, 5.41) is 9.33. The first-order valence-electron chi connectivity index (χ1n) is 6.09. The number of anilines is 1. The number of nitrogens with zero attached hydrogens (tertiary/aromatic N) is 2. The van der Waals surface area contributed by atoms with Gasteiger partial charge in [0.2, 0.25) is 0 Å². The molecule has 0 atom stereocenters. The van der Waals surface area contributed by atoms with Crippen LogP contribution in [0.3, 0.4) is 0 Å². The number of aromatic amines is 1. The summed E-state index contributed by atoms with van der Waals surface area (Å²) in [6.45, 7) is 4.44. The molecule has 2 rings (SSSR count). The van der Waals surface area contributed by atoms with E-state index in [2.05, 4.69) is 20.5 Å². The standard InChI is InChI=1S/C13H17N5O/c1-8(2)11-3-10(4-12(14)18-11)13(19)15-5-9-6-16-17-7-9/h3-4,6-8H,5H2,1-2H3,(H2,14,18)(H,15,19)(H,16,17). The van der Waals surface area contributed by atoms with Crippen LogP contribution < -0.4 is 11.1 Å². The maximum absolute atomic E-state index is 12.0. The highest BCUT2D eigenvalue weighted by molar-refractivity contribution is 5.94. The molecule has 0 aromatic carbocycles. The van der Waals surface area contributed by atoms with E-state index in [1.807, 2.05) is 13.8 Å². The van der Waals surface area contributed by atoms with E-state index in [1.54, 1.807) is 24.5 Å². The maximum Gasteiger partial charge on any atom is 0.251 e. The van der Waals surface area contributed by atoms with E-state index in [0.717, 1.165) is 11.3 Å². The van der Waals surface area contributed by atoms with Crippen LogP contribution in [0.25, 0.3) is 0 Å². The Labute approximate surface area is 111 Å². The van der Waals surface area contributed by atoms with Crippen molar-refractivity contribution in [3.8, 4) is 0 Å². The van der Waals surface area contributed by atoms with Crippen molar-refractivity contribution in [2.75, 3.05) is 5.73 Å². The molecule has 6 heteroatoms. The van der Waals surface area contributed by atoms with E-state index in [-0.39, 0.29) is 11.8 Å². The first kappa shape index (κ1) is 13.1. The second-order valence-electron chi connectivity index (χ2n) is 4.65. The lowest BCUT2D eigenvalue weighted by Crippen LogP contribution is -2.23. The highest BCUT2D eigenvalue weighted by atomic mass is 16.1. The second kappa shape index (κ2) is 5.51. The van der Waals surface area contributed by atoms with Gasteiger partial charge >= 0.3 is 0 Å². The van der Waals surface area contributed by atoms with E-state index in [0.29, 0.717) is 17.9 Å². The van der Waals surface area contributed by atoms with Crippen molar-refractivity contribution in [3.05, 3.63) is 41.3 Å². The van der Waals surface area contributed by atoms with Gasteiger partial charge in [-0.2, -0.15) is 5.10 Å². The zero-order valence-corrected chi connectivity index (χ0v) is 11.0. The molecule has 0 saturated heterocycles. The summed E-state index contributed by atoms with van der Waals surface area (Å²) in [4.78, 5) is 16.3. The van der Waals surface area contributed by atoms with Gasteiger partial charge in [0.1, 0.15) is 5.82 Å². The molecule has 0 saturated carbocycles. The van der Waals surface area contributed by atoms with Crippen molar-refractivity contribution in [1.29, 1.82) is 0 Å². The quantitative estimate of drug-likeness (QED) is 0.774. The van der Waals surface area contributed by atoms with Gasteiger partial charge < -0.3 is 11.1 Å². The Morgan fingerprint density at radius 2 is 2.26 bits per heavy atom. The number of nitrogen functional groups attached to an aromatic ring is 1. The number of pyridine rings is 1. The largest absolute Gasteiger partial charge is 0.384 e. The van der Waals surface area contributed by atoms with E-state index in [9.17, 15) is 4.79 Å². The minimum absolute atomic E-state index is 0.169. The third-order valence-corrected chi connectivity index (χ3v) is 2.73. The fraction of sp³-hybridized carbons (Fsp3) is 0.308. The van der Waals surface area contributed by atoms with Crippen molar-refractivity contribution in [2.24, 2.45) is 0 Å². The molecule has 0 radical (unpaired) electrons. The number of aromatic nitrogens is 3. The van der Waals surface area contributed by atoms with Crippen molar-refractivity contribution in [3.63, 3.8) is 0 Å². The Hall–Kier alpha value is -2.37. The summed E-state index contributed by atoms with van der Waals surface area (Å²) in [5.41, 5.74) is 7.98. The van der Waals surface area contributed by atoms with E-state index >= 15 is 0 Å². The molecule has 0 aliphatic heterocycles. The summed E-state index contributed by atoms with van der Waals surface area (Å²) >= 11 is 0. The van der Waals surface area contributed by atoms with Gasteiger partial charge in [-0.15, -0.1) is 0 Å². The second-order valence-corrected chi connectivity index (χ2v) is 4.65. The zero-order chi connectivity index (χ0) is 13.8. The Bertz CT molecular complexity index is 562. The number of nitrogens with two attached hydrogens (primary N) is 1. The van der Waals surface area contributed by atoms with Gasteiger partial charge in [0.05, 0.1) is 6.20 Å². The first-order valence-corrected chi connectivity index (χ1v) is 6.09. The Balaban J connectivity index is 2.10. The number of amides is 1. The molecule has 0 aliphatic carbocycles. The molecule has 2 aromatic rings. The van der Waals surface area contributed by atoms with Gasteiger partial charge in [0.25, 0.3) is 5.91 Å². The van der Waals surface area contributed by atoms with Crippen LogP contribution in [0.4, 0.5) is 5.82 Å². The number of hydrogen-bond acceptors (Lipinski definition) is 4. The average molecular weight is 259 g/mol. The third-order valence-electron chi connectivity index (χ3n) is 2.73. The summed E-state index contributed by atoms with van der Waals surface area (Å²) in [6.07, 6.45) is 3.40. The minimum atomic E-state index is -0.169. The molecule has 1 amide bonds. The zero-order valence-electron chi connectivity index (χ0n) is 11.0.